The van der Waals surface area contributed by atoms with Gasteiger partial charge in [0.15, 0.2) is 12.4 Å². The number of carbonyl (C=O) groups excluding carboxylic acids is 1. The number of aromatic hydroxyl groups is 1. The molecule has 33 heavy (non-hydrogen) atoms. The number of rotatable bonds is 3. The molecule has 0 saturated heterocycles. The number of benzene rings is 4. The third-order valence-corrected chi connectivity index (χ3v) is 6.36. The number of hydrogen-bond acceptors (Lipinski definition) is 6. The van der Waals surface area contributed by atoms with Crippen molar-refractivity contribution < 1.29 is 28.8 Å². The van der Waals surface area contributed by atoms with Crippen molar-refractivity contribution in [1.29, 1.82) is 0 Å². The second-order valence-corrected chi connectivity index (χ2v) is 8.30. The Balaban J connectivity index is 1.69. The Morgan fingerprint density at radius 3 is 2.70 bits per heavy atom. The summed E-state index contributed by atoms with van der Waals surface area (Å²) in [5.74, 6) is 1.08. The molecular weight excluding hydrogens is 444 g/mol. The van der Waals surface area contributed by atoms with Crippen molar-refractivity contribution in [3.05, 3.63) is 94.0 Å². The SMILES string of the molecule is COCOc1cc2c(cc1Cl)C1(OC(=O)c3ccccc31)c1ccc3cc(O)ccc3c1O2. The van der Waals surface area contributed by atoms with Crippen molar-refractivity contribution in [2.45, 2.75) is 5.60 Å². The zero-order chi connectivity index (χ0) is 22.7. The fourth-order valence-corrected chi connectivity index (χ4v) is 4.89. The minimum Gasteiger partial charge on any atom is -0.508 e. The Morgan fingerprint density at radius 2 is 1.85 bits per heavy atom. The first-order valence-corrected chi connectivity index (χ1v) is 10.6. The van der Waals surface area contributed by atoms with Gasteiger partial charge in [-0.25, -0.2) is 4.79 Å². The average Bonchev–Trinajstić information content (AvgIpc) is 3.11. The Kier molecular flexibility index (Phi) is 4.30. The molecule has 1 atom stereocenters. The second kappa shape index (κ2) is 7.13. The summed E-state index contributed by atoms with van der Waals surface area (Å²) in [6.07, 6.45) is 0. The van der Waals surface area contributed by atoms with Crippen LogP contribution in [0.25, 0.3) is 10.8 Å². The van der Waals surface area contributed by atoms with Crippen molar-refractivity contribution in [3.8, 4) is 23.0 Å². The number of carbonyl (C=O) groups is 1. The van der Waals surface area contributed by atoms with E-state index in [0.717, 1.165) is 10.8 Å². The Hall–Kier alpha value is -3.74. The van der Waals surface area contributed by atoms with Crippen LogP contribution in [0.15, 0.2) is 66.7 Å². The lowest BCUT2D eigenvalue weighted by molar-refractivity contribution is 0.0224. The van der Waals surface area contributed by atoms with Gasteiger partial charge in [0.05, 0.1) is 10.6 Å². The molecule has 0 bridgehead atoms. The summed E-state index contributed by atoms with van der Waals surface area (Å²) < 4.78 is 23.2. The van der Waals surface area contributed by atoms with Crippen LogP contribution in [0.1, 0.15) is 27.0 Å². The molecule has 1 N–H and O–H groups in total. The van der Waals surface area contributed by atoms with E-state index >= 15 is 0 Å². The first-order valence-electron chi connectivity index (χ1n) is 10.3. The van der Waals surface area contributed by atoms with E-state index in [4.69, 9.17) is 30.5 Å². The summed E-state index contributed by atoms with van der Waals surface area (Å²) in [7, 11) is 1.52. The van der Waals surface area contributed by atoms with Crippen LogP contribution in [-0.4, -0.2) is 25.0 Å². The van der Waals surface area contributed by atoms with E-state index in [2.05, 4.69) is 0 Å². The van der Waals surface area contributed by atoms with Crippen LogP contribution in [0, 0.1) is 0 Å². The zero-order valence-electron chi connectivity index (χ0n) is 17.4. The van der Waals surface area contributed by atoms with Gasteiger partial charge in [-0.15, -0.1) is 0 Å². The largest absolute Gasteiger partial charge is 0.508 e. The van der Waals surface area contributed by atoms with Gasteiger partial charge in [0, 0.05) is 35.3 Å². The number of methoxy groups -OCH3 is 1. The van der Waals surface area contributed by atoms with Crippen LogP contribution in [0.4, 0.5) is 0 Å². The van der Waals surface area contributed by atoms with Crippen molar-refractivity contribution in [2.75, 3.05) is 13.9 Å². The molecule has 0 fully saturated rings. The standard InChI is InChI=1S/C26H17ClO6/c1-30-13-31-23-12-22-20(11-21(23)27)26(18-5-3-2-4-17(18)25(29)33-26)19-9-6-14-10-15(28)7-8-16(14)24(19)32-22/h2-12,28H,13H2,1H3. The van der Waals surface area contributed by atoms with E-state index in [-0.39, 0.29) is 12.5 Å². The molecule has 0 amide bonds. The summed E-state index contributed by atoms with van der Waals surface area (Å²) in [4.78, 5) is 13.0. The maximum atomic E-state index is 13.0. The molecule has 4 aromatic rings. The van der Waals surface area contributed by atoms with Gasteiger partial charge in [-0.2, -0.15) is 0 Å². The van der Waals surface area contributed by atoms with Crippen LogP contribution < -0.4 is 9.47 Å². The van der Waals surface area contributed by atoms with Crippen molar-refractivity contribution in [2.24, 2.45) is 0 Å². The first kappa shape index (κ1) is 19.9. The molecule has 6 rings (SSSR count). The van der Waals surface area contributed by atoms with Crippen LogP contribution >= 0.6 is 11.6 Å². The zero-order valence-corrected chi connectivity index (χ0v) is 18.2. The number of esters is 1. The van der Waals surface area contributed by atoms with Crippen molar-refractivity contribution in [1.82, 2.24) is 0 Å². The molecule has 0 aliphatic carbocycles. The molecule has 2 heterocycles. The highest BCUT2D eigenvalue weighted by molar-refractivity contribution is 6.32. The number of fused-ring (bicyclic) bond motifs is 8. The molecule has 6 nitrogen and oxygen atoms in total. The predicted octanol–water partition coefficient (Wildman–Crippen LogP) is 5.75. The molecule has 0 aromatic heterocycles. The van der Waals surface area contributed by atoms with E-state index in [0.29, 0.717) is 44.5 Å². The third-order valence-electron chi connectivity index (χ3n) is 6.06. The lowest BCUT2D eigenvalue weighted by Crippen LogP contribution is -2.33. The number of halogens is 1. The van der Waals surface area contributed by atoms with Gasteiger partial charge >= 0.3 is 5.97 Å². The van der Waals surface area contributed by atoms with E-state index in [9.17, 15) is 9.90 Å². The highest BCUT2D eigenvalue weighted by Crippen LogP contribution is 2.58. The number of phenolic OH excluding ortho intramolecular Hbond substituents is 1. The van der Waals surface area contributed by atoms with Gasteiger partial charge in [0.25, 0.3) is 0 Å². The van der Waals surface area contributed by atoms with E-state index < -0.39 is 11.6 Å². The van der Waals surface area contributed by atoms with E-state index in [1.165, 1.54) is 7.11 Å². The fourth-order valence-electron chi connectivity index (χ4n) is 4.68. The van der Waals surface area contributed by atoms with Crippen molar-refractivity contribution >= 4 is 28.3 Å². The van der Waals surface area contributed by atoms with Gasteiger partial charge in [-0.05, 0) is 41.8 Å². The average molecular weight is 461 g/mol. The second-order valence-electron chi connectivity index (χ2n) is 7.90. The van der Waals surface area contributed by atoms with Crippen LogP contribution in [0.5, 0.6) is 23.0 Å². The summed E-state index contributed by atoms with van der Waals surface area (Å²) in [5.41, 5.74) is 1.22. The van der Waals surface area contributed by atoms with E-state index in [1.54, 1.807) is 42.5 Å². The molecule has 2 aliphatic rings. The summed E-state index contributed by atoms with van der Waals surface area (Å²) >= 11 is 6.56. The molecule has 2 aliphatic heterocycles. The Morgan fingerprint density at radius 1 is 1.00 bits per heavy atom. The first-order chi connectivity index (χ1) is 16.0. The lowest BCUT2D eigenvalue weighted by Gasteiger charge is -2.37. The molecular formula is C26H17ClO6. The van der Waals surface area contributed by atoms with Gasteiger partial charge < -0.3 is 24.1 Å². The van der Waals surface area contributed by atoms with Crippen LogP contribution in [0.2, 0.25) is 5.02 Å². The summed E-state index contributed by atoms with van der Waals surface area (Å²) in [6.45, 7) is 0.0142. The van der Waals surface area contributed by atoms with Gasteiger partial charge in [-0.3, -0.25) is 0 Å². The highest BCUT2D eigenvalue weighted by atomic mass is 35.5. The molecule has 1 unspecified atom stereocenters. The van der Waals surface area contributed by atoms with E-state index in [1.807, 2.05) is 24.3 Å². The minimum atomic E-state index is -1.24. The number of hydrogen-bond donors (Lipinski definition) is 1. The molecule has 164 valence electrons. The van der Waals surface area contributed by atoms with Crippen molar-refractivity contribution in [3.63, 3.8) is 0 Å². The Bertz CT molecular complexity index is 1460. The summed E-state index contributed by atoms with van der Waals surface area (Å²) in [5, 5.41) is 11.9. The molecule has 0 radical (unpaired) electrons. The molecule has 7 heteroatoms. The predicted molar refractivity (Wildman–Crippen MR) is 121 cm³/mol. The maximum absolute atomic E-state index is 13.0. The minimum absolute atomic E-state index is 0.0142. The van der Waals surface area contributed by atoms with Gasteiger partial charge in [0.2, 0.25) is 0 Å². The molecule has 0 saturated carbocycles. The van der Waals surface area contributed by atoms with Crippen LogP contribution in [0.3, 0.4) is 0 Å². The number of ether oxygens (including phenoxy) is 4. The normalized spacial score (nSPS) is 17.8. The summed E-state index contributed by atoms with van der Waals surface area (Å²) in [6, 6.07) is 19.4. The monoisotopic (exact) mass is 460 g/mol. The third kappa shape index (κ3) is 2.74. The molecule has 4 aromatic carbocycles. The Labute approximate surface area is 193 Å². The fraction of sp³-hybridized carbons (Fsp3) is 0.115. The van der Waals surface area contributed by atoms with Gasteiger partial charge in [0.1, 0.15) is 23.0 Å². The molecule has 1 spiro atoms. The lowest BCUT2D eigenvalue weighted by atomic mass is 9.77. The maximum Gasteiger partial charge on any atom is 0.340 e. The van der Waals surface area contributed by atoms with Gasteiger partial charge in [-0.1, -0.05) is 35.9 Å². The smallest absolute Gasteiger partial charge is 0.340 e. The quantitative estimate of drug-likeness (QED) is 0.310. The highest BCUT2D eigenvalue weighted by Gasteiger charge is 2.54. The topological polar surface area (TPSA) is 74.2 Å². The number of phenols is 1. The van der Waals surface area contributed by atoms with Crippen LogP contribution in [-0.2, 0) is 15.1 Å².